The van der Waals surface area contributed by atoms with Gasteiger partial charge in [0.05, 0.1) is 16.9 Å². The van der Waals surface area contributed by atoms with Crippen molar-refractivity contribution in [2.75, 3.05) is 0 Å². The number of rotatable bonds is 6. The van der Waals surface area contributed by atoms with E-state index in [4.69, 9.17) is 17.3 Å². The summed E-state index contributed by atoms with van der Waals surface area (Å²) in [5.74, 6) is -5.59. The minimum absolute atomic E-state index is 0.0117. The molecule has 0 radical (unpaired) electrons. The largest absolute Gasteiger partial charge is 0.481 e. The van der Waals surface area contributed by atoms with Gasteiger partial charge in [-0.05, 0) is 6.92 Å². The van der Waals surface area contributed by atoms with Gasteiger partial charge < -0.3 is 15.3 Å². The van der Waals surface area contributed by atoms with Gasteiger partial charge in [-0.25, -0.2) is 0 Å². The topological polar surface area (TPSA) is 173 Å². The molecule has 1 saturated carbocycles. The van der Waals surface area contributed by atoms with Crippen LogP contribution in [0.2, 0.25) is 0 Å². The van der Waals surface area contributed by atoms with Gasteiger partial charge in [0.1, 0.15) is 26.9 Å². The van der Waals surface area contributed by atoms with Gasteiger partial charge >= 0.3 is 17.9 Å². The fraction of sp³-hybridized carbons (Fsp3) is 0.316. The van der Waals surface area contributed by atoms with Crippen molar-refractivity contribution in [1.82, 2.24) is 9.13 Å². The number of aliphatic carboxylic acids is 3. The Morgan fingerprint density at radius 3 is 2.06 bits per heavy atom. The number of carbonyl (C=O) groups is 4. The summed E-state index contributed by atoms with van der Waals surface area (Å²) in [5.41, 5.74) is -1.41. The highest BCUT2D eigenvalue weighted by Crippen LogP contribution is 2.28. The van der Waals surface area contributed by atoms with E-state index in [1.807, 2.05) is 0 Å². The van der Waals surface area contributed by atoms with Gasteiger partial charge in [0, 0.05) is 16.9 Å². The third-order valence-corrected chi connectivity index (χ3v) is 7.86. The highest BCUT2D eigenvalue weighted by atomic mass is 32.1. The van der Waals surface area contributed by atoms with Gasteiger partial charge in [0.25, 0.3) is 11.1 Å². The molecular formula is C19H16N2O9S3. The lowest BCUT2D eigenvalue weighted by molar-refractivity contribution is -0.139. The van der Waals surface area contributed by atoms with Crippen molar-refractivity contribution in [3.8, 4) is 0 Å². The lowest BCUT2D eigenvalue weighted by Gasteiger charge is -2.03. The van der Waals surface area contributed by atoms with Crippen LogP contribution in [0.1, 0.15) is 19.8 Å². The van der Waals surface area contributed by atoms with E-state index >= 15 is 0 Å². The molecule has 0 saturated heterocycles. The van der Waals surface area contributed by atoms with E-state index in [1.54, 1.807) is 6.92 Å². The molecule has 1 aliphatic rings. The molecule has 33 heavy (non-hydrogen) atoms. The van der Waals surface area contributed by atoms with Crippen LogP contribution in [-0.2, 0) is 32.3 Å². The second-order valence-corrected chi connectivity index (χ2v) is 9.56. The number of hydrogen-bond donors (Lipinski definition) is 3. The molecule has 3 N–H and O–H groups in total. The van der Waals surface area contributed by atoms with Gasteiger partial charge in [-0.15, -0.1) is 22.7 Å². The van der Waals surface area contributed by atoms with Crippen molar-refractivity contribution < 1.29 is 34.5 Å². The third kappa shape index (κ3) is 4.62. The van der Waals surface area contributed by atoms with E-state index in [-0.39, 0.29) is 35.2 Å². The summed E-state index contributed by atoms with van der Waals surface area (Å²) in [5, 5.41) is 27.6. The number of carboxylic acids is 3. The van der Waals surface area contributed by atoms with E-state index < -0.39 is 60.2 Å². The van der Waals surface area contributed by atoms with Gasteiger partial charge in [0.2, 0.25) is 0 Å². The average molecular weight is 513 g/mol. The zero-order valence-corrected chi connectivity index (χ0v) is 19.3. The van der Waals surface area contributed by atoms with Crippen LogP contribution in [0.15, 0.2) is 9.59 Å². The Kier molecular flexibility index (Phi) is 6.90. The number of nitrogens with zero attached hydrogens (tertiary/aromatic N) is 2. The number of thiazole rings is 2. The molecule has 2 aromatic rings. The minimum Gasteiger partial charge on any atom is -0.481 e. The summed E-state index contributed by atoms with van der Waals surface area (Å²) < 4.78 is 1.86. The maximum atomic E-state index is 13.2. The third-order valence-electron chi connectivity index (χ3n) is 4.82. The summed E-state index contributed by atoms with van der Waals surface area (Å²) in [4.78, 5) is 72.6. The predicted molar refractivity (Wildman–Crippen MR) is 121 cm³/mol. The van der Waals surface area contributed by atoms with Crippen molar-refractivity contribution in [2.45, 2.75) is 32.9 Å². The van der Waals surface area contributed by atoms with E-state index in [0.717, 1.165) is 31.8 Å². The average Bonchev–Trinajstić information content (AvgIpc) is 3.29. The minimum atomic E-state index is -1.37. The second kappa shape index (κ2) is 9.33. The summed E-state index contributed by atoms with van der Waals surface area (Å²) in [7, 11) is 0. The maximum Gasteiger partial charge on any atom is 0.323 e. The monoisotopic (exact) mass is 512 g/mol. The first-order valence-corrected chi connectivity index (χ1v) is 11.4. The normalized spacial score (nSPS) is 19.3. The lowest BCUT2D eigenvalue weighted by atomic mass is 10.0. The molecule has 2 aromatic heterocycles. The quantitative estimate of drug-likeness (QED) is 0.406. The number of carboxylic acid groups (broad SMARTS) is 3. The van der Waals surface area contributed by atoms with Crippen molar-refractivity contribution in [2.24, 2.45) is 5.92 Å². The Hall–Kier alpha value is -3.23. The number of hydrogen-bond acceptors (Lipinski definition) is 9. The first kappa shape index (κ1) is 24.4. The molecule has 1 atom stereocenters. The molecule has 14 heteroatoms. The van der Waals surface area contributed by atoms with E-state index in [9.17, 15) is 39.0 Å². The summed E-state index contributed by atoms with van der Waals surface area (Å²) in [6.45, 7) is 0.0603. The molecule has 3 rings (SSSR count). The molecule has 0 aliphatic heterocycles. The number of Topliss-reactive ketones (excluding diaryl/α,β-unsaturated/α-hetero) is 1. The molecular weight excluding hydrogens is 496 g/mol. The van der Waals surface area contributed by atoms with E-state index in [0.29, 0.717) is 0 Å². The van der Waals surface area contributed by atoms with Crippen molar-refractivity contribution >= 4 is 75.1 Å². The number of thiocarbonyl (C=S) groups is 1. The number of carbonyl (C=O) groups excluding carboxylic acids is 1. The molecule has 1 aliphatic carbocycles. The van der Waals surface area contributed by atoms with Crippen LogP contribution in [0.4, 0.5) is 0 Å². The fourth-order valence-electron chi connectivity index (χ4n) is 3.41. The van der Waals surface area contributed by atoms with Gasteiger partial charge in [-0.3, -0.25) is 37.9 Å². The van der Waals surface area contributed by atoms with Crippen LogP contribution < -0.4 is 20.3 Å². The van der Waals surface area contributed by atoms with Crippen LogP contribution in [0.5, 0.6) is 0 Å². The smallest absolute Gasteiger partial charge is 0.323 e. The van der Waals surface area contributed by atoms with E-state index in [2.05, 4.69) is 0 Å². The molecule has 0 aromatic carbocycles. The Morgan fingerprint density at radius 1 is 0.970 bits per heavy atom. The van der Waals surface area contributed by atoms with Crippen LogP contribution in [0, 0.1) is 15.1 Å². The molecule has 0 bridgehead atoms. The highest BCUT2D eigenvalue weighted by molar-refractivity contribution is 7.80. The Morgan fingerprint density at radius 2 is 1.55 bits per heavy atom. The molecule has 0 spiro atoms. The van der Waals surface area contributed by atoms with Crippen molar-refractivity contribution in [1.29, 1.82) is 0 Å². The van der Waals surface area contributed by atoms with Gasteiger partial charge in [-0.1, -0.05) is 18.3 Å². The van der Waals surface area contributed by atoms with Crippen molar-refractivity contribution in [3.05, 3.63) is 39.1 Å². The lowest BCUT2D eigenvalue weighted by Crippen LogP contribution is -2.32. The summed E-state index contributed by atoms with van der Waals surface area (Å²) in [6, 6.07) is 0. The van der Waals surface area contributed by atoms with Gasteiger partial charge in [-0.2, -0.15) is 0 Å². The first-order valence-electron chi connectivity index (χ1n) is 9.31. The molecule has 1 fully saturated rings. The number of ketones is 1. The zero-order chi connectivity index (χ0) is 24.6. The molecule has 2 heterocycles. The molecule has 1 unspecified atom stereocenters. The highest BCUT2D eigenvalue weighted by Gasteiger charge is 2.37. The Labute approximate surface area is 196 Å². The standard InChI is InChI=1S/C19H16N2O9S3/c1-2-10-16(29)20(5-12(24)25)19(32-10)15-17(30)21(6-13(26)27)18(33-15)8-3-9(31)7(14(8)28)4-11(22)23/h2,7H,3-6H2,1H3,(H,22,23)(H,24,25)(H,26,27)/b10-2?,18-8?,19-15-. The maximum absolute atomic E-state index is 13.2. The van der Waals surface area contributed by atoms with Crippen LogP contribution >= 0.6 is 34.9 Å². The Bertz CT molecular complexity index is 1550. The van der Waals surface area contributed by atoms with E-state index in [1.165, 1.54) is 6.08 Å². The van der Waals surface area contributed by atoms with Crippen LogP contribution in [-0.4, -0.2) is 53.0 Å². The zero-order valence-electron chi connectivity index (χ0n) is 16.9. The summed E-state index contributed by atoms with van der Waals surface area (Å²) in [6.07, 6.45) is 0.830. The van der Waals surface area contributed by atoms with Crippen molar-refractivity contribution in [3.63, 3.8) is 0 Å². The van der Waals surface area contributed by atoms with Crippen LogP contribution in [0.25, 0.3) is 11.6 Å². The fourth-order valence-corrected chi connectivity index (χ4v) is 6.10. The SMILES string of the molecule is CC=c1s/c(=c2\sc(=C3CC(=S)C(CC(=O)O)C3=O)n(CC(=O)O)c2=O)n(CC(=O)O)c1=O. The molecule has 0 amide bonds. The first-order chi connectivity index (χ1) is 15.5. The van der Waals surface area contributed by atoms with Gasteiger partial charge in [0.15, 0.2) is 5.78 Å². The molecule has 11 nitrogen and oxygen atoms in total. The molecule has 174 valence electrons. The second-order valence-electron chi connectivity index (χ2n) is 7.00. The van der Waals surface area contributed by atoms with Crippen LogP contribution in [0.3, 0.4) is 0 Å². The predicted octanol–water partition coefficient (Wildman–Crippen LogP) is -1.03. The summed E-state index contributed by atoms with van der Waals surface area (Å²) >= 11 is 6.78. The number of aromatic nitrogens is 2. The Balaban J connectivity index is 2.49.